The maximum absolute atomic E-state index is 12.0. The summed E-state index contributed by atoms with van der Waals surface area (Å²) >= 11 is 4.16. The number of rotatable bonds is 3. The average molecular weight is 408 g/mol. The molecule has 0 amide bonds. The van der Waals surface area contributed by atoms with Crippen LogP contribution in [0, 0.1) is 7.14 Å². The molecule has 0 unspecified atom stereocenters. The van der Waals surface area contributed by atoms with E-state index in [-0.39, 0.29) is 0 Å². The Bertz CT molecular complexity index is 304. The van der Waals surface area contributed by atoms with Crippen LogP contribution in [-0.2, 0) is 0 Å². The van der Waals surface area contributed by atoms with E-state index in [0.29, 0.717) is 11.5 Å². The van der Waals surface area contributed by atoms with Crippen molar-refractivity contribution in [3.05, 3.63) is 19.3 Å². The highest BCUT2D eigenvalue weighted by Crippen LogP contribution is 2.34. The molecule has 1 aromatic carbocycles. The third-order valence-electron chi connectivity index (χ3n) is 1.43. The molecule has 0 aliphatic heterocycles. The second-order valence-electron chi connectivity index (χ2n) is 2.15. The van der Waals surface area contributed by atoms with Gasteiger partial charge in [-0.1, -0.05) is 0 Å². The molecule has 72 valence electrons. The predicted molar refractivity (Wildman–Crippen MR) is 65.0 cm³/mol. The summed E-state index contributed by atoms with van der Waals surface area (Å²) in [6.07, 6.45) is 0. The van der Waals surface area contributed by atoms with E-state index in [9.17, 15) is 4.39 Å². The van der Waals surface area contributed by atoms with E-state index >= 15 is 0 Å². The second-order valence-corrected chi connectivity index (χ2v) is 4.39. The van der Waals surface area contributed by atoms with E-state index in [1.807, 2.05) is 12.1 Å². The van der Waals surface area contributed by atoms with E-state index in [1.165, 1.54) is 0 Å². The van der Waals surface area contributed by atoms with Crippen molar-refractivity contribution in [2.45, 2.75) is 0 Å². The van der Waals surface area contributed by atoms with Crippen molar-refractivity contribution in [2.24, 2.45) is 0 Å². The molecule has 0 radical (unpaired) electrons. The Kier molecular flexibility index (Phi) is 4.50. The number of benzene rings is 1. The minimum absolute atomic E-state index is 0.544. The first-order valence-corrected chi connectivity index (χ1v) is 5.57. The Hall–Kier alpha value is 0.210. The van der Waals surface area contributed by atoms with Crippen LogP contribution in [0.3, 0.4) is 0 Å². The fourth-order valence-corrected chi connectivity index (χ4v) is 2.83. The lowest BCUT2D eigenvalue weighted by molar-refractivity contribution is 0.188. The van der Waals surface area contributed by atoms with Crippen LogP contribution in [0.1, 0.15) is 0 Å². The molecule has 0 aliphatic carbocycles. The lowest BCUT2D eigenvalue weighted by Crippen LogP contribution is -1.97. The molecule has 0 atom stereocenters. The summed E-state index contributed by atoms with van der Waals surface area (Å²) in [7, 11) is 1.57. The number of hydrogen-bond donors (Lipinski definition) is 0. The molecule has 13 heavy (non-hydrogen) atoms. The van der Waals surface area contributed by atoms with Gasteiger partial charge in [0.25, 0.3) is 0 Å². The van der Waals surface area contributed by atoms with Crippen molar-refractivity contribution in [3.8, 4) is 11.5 Å². The van der Waals surface area contributed by atoms with Crippen molar-refractivity contribution in [3.63, 3.8) is 0 Å². The molecular formula is C8H7FI2O2. The van der Waals surface area contributed by atoms with Gasteiger partial charge in [-0.05, 0) is 57.3 Å². The Labute approximate surface area is 103 Å². The van der Waals surface area contributed by atoms with Crippen LogP contribution in [0.25, 0.3) is 0 Å². The lowest BCUT2D eigenvalue weighted by atomic mass is 10.3. The smallest absolute Gasteiger partial charge is 0.228 e. The first kappa shape index (κ1) is 11.3. The van der Waals surface area contributed by atoms with Crippen LogP contribution in [0.4, 0.5) is 4.39 Å². The van der Waals surface area contributed by atoms with Gasteiger partial charge >= 0.3 is 0 Å². The van der Waals surface area contributed by atoms with E-state index in [1.54, 1.807) is 7.11 Å². The standard InChI is InChI=1S/C8H7FI2O2/c1-12-6-3-2-5(10)8(7(6)11)13-4-9/h2-3H,4H2,1H3. The van der Waals surface area contributed by atoms with Crippen LogP contribution < -0.4 is 9.47 Å². The van der Waals surface area contributed by atoms with Crippen molar-refractivity contribution in [2.75, 3.05) is 14.0 Å². The monoisotopic (exact) mass is 408 g/mol. The number of alkyl halides is 1. The highest BCUT2D eigenvalue weighted by atomic mass is 127. The Balaban J connectivity index is 3.13. The molecule has 0 spiro atoms. The van der Waals surface area contributed by atoms with Gasteiger partial charge in [0.2, 0.25) is 6.86 Å². The molecule has 0 aromatic heterocycles. The molecule has 2 nitrogen and oxygen atoms in total. The number of methoxy groups -OCH3 is 1. The summed E-state index contributed by atoms with van der Waals surface area (Å²) < 4.78 is 23.6. The molecule has 0 bridgehead atoms. The van der Waals surface area contributed by atoms with Crippen molar-refractivity contribution >= 4 is 45.2 Å². The van der Waals surface area contributed by atoms with Gasteiger partial charge < -0.3 is 9.47 Å². The van der Waals surface area contributed by atoms with Gasteiger partial charge in [-0.25, -0.2) is 4.39 Å². The van der Waals surface area contributed by atoms with Gasteiger partial charge in [0, 0.05) is 0 Å². The van der Waals surface area contributed by atoms with Gasteiger partial charge in [0.05, 0.1) is 14.3 Å². The molecule has 0 N–H and O–H groups in total. The molecule has 0 fully saturated rings. The van der Waals surface area contributed by atoms with Crippen LogP contribution in [-0.4, -0.2) is 14.0 Å². The molecule has 1 rings (SSSR count). The van der Waals surface area contributed by atoms with Crippen LogP contribution >= 0.6 is 45.2 Å². The third-order valence-corrected chi connectivity index (χ3v) is 3.30. The van der Waals surface area contributed by atoms with E-state index in [4.69, 9.17) is 9.47 Å². The SMILES string of the molecule is COc1ccc(I)c(OCF)c1I. The fraction of sp³-hybridized carbons (Fsp3) is 0.250. The summed E-state index contributed by atoms with van der Waals surface area (Å²) in [6, 6.07) is 3.65. The van der Waals surface area contributed by atoms with E-state index in [2.05, 4.69) is 45.2 Å². The zero-order valence-electron chi connectivity index (χ0n) is 6.81. The molecule has 0 saturated heterocycles. The number of hydrogen-bond acceptors (Lipinski definition) is 2. The second kappa shape index (κ2) is 5.18. The molecule has 0 heterocycles. The first-order valence-electron chi connectivity index (χ1n) is 3.41. The number of halogens is 3. The van der Waals surface area contributed by atoms with E-state index in [0.717, 1.165) is 7.14 Å². The lowest BCUT2D eigenvalue weighted by Gasteiger charge is -2.10. The van der Waals surface area contributed by atoms with Crippen molar-refractivity contribution in [1.29, 1.82) is 0 Å². The highest BCUT2D eigenvalue weighted by Gasteiger charge is 2.11. The Morgan fingerprint density at radius 2 is 2.08 bits per heavy atom. The average Bonchev–Trinajstić information content (AvgIpc) is 2.12. The third kappa shape index (κ3) is 2.58. The van der Waals surface area contributed by atoms with Crippen LogP contribution in [0.2, 0.25) is 0 Å². The molecule has 1 aromatic rings. The maximum Gasteiger partial charge on any atom is 0.228 e. The maximum atomic E-state index is 12.0. The van der Waals surface area contributed by atoms with Gasteiger partial charge in [-0.15, -0.1) is 0 Å². The van der Waals surface area contributed by atoms with Crippen LogP contribution in [0.15, 0.2) is 12.1 Å². The molecule has 0 saturated carbocycles. The van der Waals surface area contributed by atoms with E-state index < -0.39 is 6.86 Å². The zero-order valence-corrected chi connectivity index (χ0v) is 11.1. The van der Waals surface area contributed by atoms with Gasteiger partial charge in [0.1, 0.15) is 5.75 Å². The molecular weight excluding hydrogens is 401 g/mol. The topological polar surface area (TPSA) is 18.5 Å². The van der Waals surface area contributed by atoms with Crippen LogP contribution in [0.5, 0.6) is 11.5 Å². The summed E-state index contributed by atoms with van der Waals surface area (Å²) in [5.41, 5.74) is 0. The summed E-state index contributed by atoms with van der Waals surface area (Å²) in [6.45, 7) is -0.820. The number of ether oxygens (including phenoxy) is 2. The van der Waals surface area contributed by atoms with Gasteiger partial charge in [-0.2, -0.15) is 0 Å². The quantitative estimate of drug-likeness (QED) is 0.716. The minimum Gasteiger partial charge on any atom is -0.496 e. The van der Waals surface area contributed by atoms with Gasteiger partial charge in [-0.3, -0.25) is 0 Å². The summed E-state index contributed by atoms with van der Waals surface area (Å²) in [5.74, 6) is 1.24. The summed E-state index contributed by atoms with van der Waals surface area (Å²) in [4.78, 5) is 0. The normalized spacial score (nSPS) is 9.85. The summed E-state index contributed by atoms with van der Waals surface area (Å²) in [5, 5.41) is 0. The molecule has 5 heteroatoms. The predicted octanol–water partition coefficient (Wildman–Crippen LogP) is 3.21. The zero-order chi connectivity index (χ0) is 9.84. The van der Waals surface area contributed by atoms with Crippen molar-refractivity contribution in [1.82, 2.24) is 0 Å². The highest BCUT2D eigenvalue weighted by molar-refractivity contribution is 14.1. The van der Waals surface area contributed by atoms with Gasteiger partial charge in [0.15, 0.2) is 5.75 Å². The van der Waals surface area contributed by atoms with Crippen molar-refractivity contribution < 1.29 is 13.9 Å². The largest absolute Gasteiger partial charge is 0.496 e. The molecule has 0 aliphatic rings. The first-order chi connectivity index (χ1) is 6.20. The minimum atomic E-state index is -0.820. The Morgan fingerprint density at radius 1 is 1.38 bits per heavy atom. The fourth-order valence-electron chi connectivity index (χ4n) is 0.859. The Morgan fingerprint density at radius 3 is 2.62 bits per heavy atom.